The fourth-order valence-corrected chi connectivity index (χ4v) is 2.60. The Bertz CT molecular complexity index is 394. The van der Waals surface area contributed by atoms with E-state index >= 15 is 0 Å². The van der Waals surface area contributed by atoms with E-state index in [0.29, 0.717) is 17.1 Å². The van der Waals surface area contributed by atoms with Crippen LogP contribution in [-0.2, 0) is 0 Å². The van der Waals surface area contributed by atoms with Gasteiger partial charge >= 0.3 is 0 Å². The number of nitrogens with zero attached hydrogens (tertiary/aromatic N) is 3. The third-order valence-electron chi connectivity index (χ3n) is 3.14. The number of likely N-dealkylation sites (N-methyl/N-ethyl adjacent to an activating group) is 1. The molecule has 0 bridgehead atoms. The van der Waals surface area contributed by atoms with Crippen molar-refractivity contribution in [2.75, 3.05) is 25.5 Å². The standard InChI is InChI=1S/C12H19ClN4/c1-8(2)10-11(13)14-7-15-12(10)16-9-4-5-17(3)6-9/h7-9H,4-6H2,1-3H3,(H,14,15,16). The molecule has 1 atom stereocenters. The number of likely N-dealkylation sites (tertiary alicyclic amines) is 1. The van der Waals surface area contributed by atoms with Crippen LogP contribution in [-0.4, -0.2) is 41.0 Å². The summed E-state index contributed by atoms with van der Waals surface area (Å²) >= 11 is 6.14. The van der Waals surface area contributed by atoms with Crippen LogP contribution in [0.1, 0.15) is 31.7 Å². The highest BCUT2D eigenvalue weighted by Crippen LogP contribution is 2.29. The lowest BCUT2D eigenvalue weighted by Crippen LogP contribution is -2.25. The minimum atomic E-state index is 0.324. The van der Waals surface area contributed by atoms with Crippen molar-refractivity contribution in [2.24, 2.45) is 0 Å². The molecule has 0 aliphatic carbocycles. The zero-order valence-electron chi connectivity index (χ0n) is 10.6. The molecule has 1 aromatic heterocycles. The number of hydrogen-bond acceptors (Lipinski definition) is 4. The lowest BCUT2D eigenvalue weighted by molar-refractivity contribution is 0.414. The van der Waals surface area contributed by atoms with Crippen molar-refractivity contribution < 1.29 is 0 Å². The van der Waals surface area contributed by atoms with Gasteiger partial charge in [-0.3, -0.25) is 0 Å². The van der Waals surface area contributed by atoms with Crippen LogP contribution in [0.2, 0.25) is 5.15 Å². The lowest BCUT2D eigenvalue weighted by Gasteiger charge is -2.18. The summed E-state index contributed by atoms with van der Waals surface area (Å²) < 4.78 is 0. The SMILES string of the molecule is CC(C)c1c(Cl)ncnc1NC1CCN(C)C1. The predicted molar refractivity (Wildman–Crippen MR) is 70.7 cm³/mol. The number of nitrogens with one attached hydrogen (secondary N) is 1. The van der Waals surface area contributed by atoms with E-state index in [2.05, 4.69) is 41.1 Å². The van der Waals surface area contributed by atoms with Crippen molar-refractivity contribution in [1.29, 1.82) is 0 Å². The predicted octanol–water partition coefficient (Wildman–Crippen LogP) is 2.37. The second-order valence-corrected chi connectivity index (χ2v) is 5.33. The first-order valence-electron chi connectivity index (χ1n) is 6.03. The maximum absolute atomic E-state index is 6.14. The Balaban J connectivity index is 2.17. The molecular weight excluding hydrogens is 236 g/mol. The average Bonchev–Trinajstić information content (AvgIpc) is 2.63. The zero-order chi connectivity index (χ0) is 12.4. The van der Waals surface area contributed by atoms with Gasteiger partial charge in [0, 0.05) is 18.2 Å². The van der Waals surface area contributed by atoms with Crippen LogP contribution in [0.5, 0.6) is 0 Å². The van der Waals surface area contributed by atoms with E-state index in [1.165, 1.54) is 6.33 Å². The summed E-state index contributed by atoms with van der Waals surface area (Å²) in [5.41, 5.74) is 1.02. The summed E-state index contributed by atoms with van der Waals surface area (Å²) in [5, 5.41) is 4.04. The van der Waals surface area contributed by atoms with Crippen molar-refractivity contribution in [3.05, 3.63) is 17.0 Å². The van der Waals surface area contributed by atoms with Crippen LogP contribution in [0.3, 0.4) is 0 Å². The van der Waals surface area contributed by atoms with E-state index in [1.54, 1.807) is 0 Å². The fraction of sp³-hybridized carbons (Fsp3) is 0.667. The molecule has 0 saturated carbocycles. The van der Waals surface area contributed by atoms with E-state index in [0.717, 1.165) is 30.9 Å². The first kappa shape index (κ1) is 12.6. The van der Waals surface area contributed by atoms with Gasteiger partial charge in [-0.25, -0.2) is 9.97 Å². The van der Waals surface area contributed by atoms with Gasteiger partial charge in [-0.2, -0.15) is 0 Å². The van der Waals surface area contributed by atoms with Crippen molar-refractivity contribution in [1.82, 2.24) is 14.9 Å². The molecule has 94 valence electrons. The Morgan fingerprint density at radius 1 is 1.47 bits per heavy atom. The van der Waals surface area contributed by atoms with Gasteiger partial charge < -0.3 is 10.2 Å². The quantitative estimate of drug-likeness (QED) is 0.841. The number of hydrogen-bond donors (Lipinski definition) is 1. The van der Waals surface area contributed by atoms with Gasteiger partial charge in [-0.05, 0) is 25.9 Å². The summed E-state index contributed by atoms with van der Waals surface area (Å²) in [7, 11) is 2.14. The lowest BCUT2D eigenvalue weighted by atomic mass is 10.1. The van der Waals surface area contributed by atoms with Crippen LogP contribution in [0.4, 0.5) is 5.82 Å². The van der Waals surface area contributed by atoms with Crippen LogP contribution in [0.25, 0.3) is 0 Å². The zero-order valence-corrected chi connectivity index (χ0v) is 11.3. The Morgan fingerprint density at radius 2 is 2.24 bits per heavy atom. The van der Waals surface area contributed by atoms with Gasteiger partial charge in [0.1, 0.15) is 17.3 Å². The van der Waals surface area contributed by atoms with Crippen molar-refractivity contribution >= 4 is 17.4 Å². The maximum Gasteiger partial charge on any atom is 0.138 e. The van der Waals surface area contributed by atoms with Gasteiger partial charge in [0.2, 0.25) is 0 Å². The number of anilines is 1. The molecule has 0 radical (unpaired) electrons. The summed E-state index contributed by atoms with van der Waals surface area (Å²) in [4.78, 5) is 10.7. The highest BCUT2D eigenvalue weighted by molar-refractivity contribution is 6.30. The van der Waals surface area contributed by atoms with Crippen molar-refractivity contribution in [3.8, 4) is 0 Å². The highest BCUT2D eigenvalue weighted by atomic mass is 35.5. The Morgan fingerprint density at radius 3 is 2.82 bits per heavy atom. The van der Waals surface area contributed by atoms with E-state index in [9.17, 15) is 0 Å². The smallest absolute Gasteiger partial charge is 0.138 e. The maximum atomic E-state index is 6.14. The molecule has 5 heteroatoms. The summed E-state index contributed by atoms with van der Waals surface area (Å²) in [6, 6.07) is 0.462. The Hall–Kier alpha value is -0.870. The molecule has 17 heavy (non-hydrogen) atoms. The first-order chi connectivity index (χ1) is 8.08. The molecule has 1 aromatic rings. The Labute approximate surface area is 107 Å². The largest absolute Gasteiger partial charge is 0.366 e. The topological polar surface area (TPSA) is 41.1 Å². The van der Waals surface area contributed by atoms with E-state index in [-0.39, 0.29) is 0 Å². The molecule has 4 nitrogen and oxygen atoms in total. The van der Waals surface area contributed by atoms with E-state index in [4.69, 9.17) is 11.6 Å². The van der Waals surface area contributed by atoms with E-state index in [1.807, 2.05) is 0 Å². The van der Waals surface area contributed by atoms with Crippen molar-refractivity contribution in [3.63, 3.8) is 0 Å². The second-order valence-electron chi connectivity index (χ2n) is 4.97. The minimum absolute atomic E-state index is 0.324. The fourth-order valence-electron chi connectivity index (χ4n) is 2.25. The molecule has 1 aliphatic heterocycles. The summed E-state index contributed by atoms with van der Waals surface area (Å²) in [6.45, 7) is 6.40. The minimum Gasteiger partial charge on any atom is -0.366 e. The highest BCUT2D eigenvalue weighted by Gasteiger charge is 2.22. The number of halogens is 1. The molecular formula is C12H19ClN4. The van der Waals surface area contributed by atoms with Gasteiger partial charge in [0.05, 0.1) is 0 Å². The van der Waals surface area contributed by atoms with Crippen molar-refractivity contribution in [2.45, 2.75) is 32.2 Å². The first-order valence-corrected chi connectivity index (χ1v) is 6.41. The average molecular weight is 255 g/mol. The summed E-state index contributed by atoms with van der Waals surface area (Å²) in [6.07, 6.45) is 2.67. The van der Waals surface area contributed by atoms with Crippen LogP contribution in [0.15, 0.2) is 6.33 Å². The molecule has 1 aliphatic rings. The van der Waals surface area contributed by atoms with E-state index < -0.39 is 0 Å². The molecule has 1 saturated heterocycles. The van der Waals surface area contributed by atoms with Gasteiger partial charge in [0.15, 0.2) is 0 Å². The molecule has 2 heterocycles. The molecule has 0 aromatic carbocycles. The molecule has 1 fully saturated rings. The van der Waals surface area contributed by atoms with Gasteiger partial charge in [0.25, 0.3) is 0 Å². The molecule has 1 unspecified atom stereocenters. The molecule has 0 spiro atoms. The van der Waals surface area contributed by atoms with Crippen LogP contribution in [0, 0.1) is 0 Å². The Kier molecular flexibility index (Phi) is 3.84. The third-order valence-corrected chi connectivity index (χ3v) is 3.45. The molecule has 0 amide bonds. The molecule has 2 rings (SSSR count). The second kappa shape index (κ2) is 5.19. The normalized spacial score (nSPS) is 21.1. The summed E-state index contributed by atoms with van der Waals surface area (Å²) in [5.74, 6) is 1.21. The van der Waals surface area contributed by atoms with Crippen LogP contribution < -0.4 is 5.32 Å². The van der Waals surface area contributed by atoms with Crippen LogP contribution >= 0.6 is 11.6 Å². The van der Waals surface area contributed by atoms with Gasteiger partial charge in [-0.15, -0.1) is 0 Å². The van der Waals surface area contributed by atoms with Gasteiger partial charge in [-0.1, -0.05) is 25.4 Å². The molecule has 1 N–H and O–H groups in total. The number of rotatable bonds is 3. The third kappa shape index (κ3) is 2.87. The monoisotopic (exact) mass is 254 g/mol. The number of aromatic nitrogens is 2.